The first-order valence-corrected chi connectivity index (χ1v) is 17.2. The molecular weight excluding hydrogens is 618 g/mol. The summed E-state index contributed by atoms with van der Waals surface area (Å²) < 4.78 is 31.3. The van der Waals surface area contributed by atoms with Crippen molar-refractivity contribution in [3.63, 3.8) is 0 Å². The molecule has 3 rings (SSSR count). The highest BCUT2D eigenvalue weighted by Crippen LogP contribution is 2.16. The van der Waals surface area contributed by atoms with E-state index in [-0.39, 0.29) is 35.5 Å². The van der Waals surface area contributed by atoms with E-state index < -0.39 is 45.9 Å². The van der Waals surface area contributed by atoms with Crippen molar-refractivity contribution in [1.82, 2.24) is 16.0 Å². The van der Waals surface area contributed by atoms with Gasteiger partial charge in [0.25, 0.3) is 0 Å². The molecule has 0 fully saturated rings. The van der Waals surface area contributed by atoms with E-state index in [0.717, 1.165) is 16.5 Å². The lowest BCUT2D eigenvalue weighted by molar-refractivity contribution is -0.130. The fourth-order valence-corrected chi connectivity index (χ4v) is 5.90. The number of aromatic hydroxyl groups is 1. The predicted octanol–water partition coefficient (Wildman–Crippen LogP) is 5.28. The van der Waals surface area contributed by atoms with Crippen LogP contribution in [-0.2, 0) is 37.2 Å². The lowest BCUT2D eigenvalue weighted by Gasteiger charge is -2.26. The van der Waals surface area contributed by atoms with Crippen molar-refractivity contribution in [2.45, 2.75) is 76.6 Å². The number of phenols is 1. The summed E-state index contributed by atoms with van der Waals surface area (Å²) in [6.45, 7) is 7.70. The molecule has 10 nitrogen and oxygen atoms in total. The molecule has 0 saturated heterocycles. The number of benzene rings is 3. The first-order chi connectivity index (χ1) is 22.3. The first-order valence-electron chi connectivity index (χ1n) is 15.7. The minimum atomic E-state index is -3.80. The Balaban J connectivity index is 1.78. The average Bonchev–Trinajstić information content (AvgIpc) is 3.03. The maximum absolute atomic E-state index is 13.7. The fraction of sp³-hybridized carbons (Fsp3) is 0.361. The maximum Gasteiger partial charge on any atom is 0.408 e. The lowest BCUT2D eigenvalue weighted by Crippen LogP contribution is -2.55. The standard InChI is InChI=1S/C36H45N3O7S/c1-25(2)21-32(38-35(42)33(22-26(3)4)39-36(43)46-24-28-11-7-5-8-12-28)34(41)37-29(23-27-15-17-30(40)18-16-27)19-20-47(44,45)31-13-9-6-10-14-31/h5-20,25-26,29,32-33,40H,21-24H2,1-4H3,(H,37,41)(H,38,42)(H,39,43)/b20-19+/t29-,32+,33+/m1/s1. The number of carbonyl (C=O) groups excluding carboxylic acids is 3. The number of carbonyl (C=O) groups is 3. The molecular formula is C36H45N3O7S. The highest BCUT2D eigenvalue weighted by Gasteiger charge is 2.29. The van der Waals surface area contributed by atoms with Gasteiger partial charge in [-0.3, -0.25) is 9.59 Å². The van der Waals surface area contributed by atoms with Gasteiger partial charge < -0.3 is 25.8 Å². The topological polar surface area (TPSA) is 151 Å². The van der Waals surface area contributed by atoms with E-state index in [4.69, 9.17) is 4.74 Å². The molecule has 0 aliphatic carbocycles. The minimum absolute atomic E-state index is 0.0166. The van der Waals surface area contributed by atoms with Gasteiger partial charge in [0.15, 0.2) is 9.84 Å². The molecule has 0 unspecified atom stereocenters. The summed E-state index contributed by atoms with van der Waals surface area (Å²) >= 11 is 0. The quantitative estimate of drug-likeness (QED) is 0.163. The summed E-state index contributed by atoms with van der Waals surface area (Å²) in [6, 6.07) is 20.8. The third kappa shape index (κ3) is 12.9. The van der Waals surface area contributed by atoms with Crippen LogP contribution in [-0.4, -0.2) is 49.6 Å². The number of nitrogens with one attached hydrogen (secondary N) is 3. The van der Waals surface area contributed by atoms with Gasteiger partial charge >= 0.3 is 6.09 Å². The van der Waals surface area contributed by atoms with Gasteiger partial charge in [-0.1, -0.05) is 94.4 Å². The van der Waals surface area contributed by atoms with Crippen LogP contribution < -0.4 is 16.0 Å². The van der Waals surface area contributed by atoms with Crippen LogP contribution >= 0.6 is 0 Å². The Morgan fingerprint density at radius 1 is 0.723 bits per heavy atom. The second-order valence-electron chi connectivity index (χ2n) is 12.3. The van der Waals surface area contributed by atoms with Gasteiger partial charge in [0.05, 0.1) is 10.9 Å². The smallest absolute Gasteiger partial charge is 0.408 e. The number of amides is 3. The zero-order chi connectivity index (χ0) is 34.4. The third-order valence-corrected chi connectivity index (χ3v) is 8.59. The van der Waals surface area contributed by atoms with E-state index in [2.05, 4.69) is 16.0 Å². The van der Waals surface area contributed by atoms with Gasteiger partial charge in [0, 0.05) is 5.41 Å². The van der Waals surface area contributed by atoms with Gasteiger partial charge in [-0.25, -0.2) is 13.2 Å². The molecule has 0 aliphatic rings. The Labute approximate surface area is 277 Å². The van der Waals surface area contributed by atoms with Crippen LogP contribution in [0.4, 0.5) is 4.79 Å². The molecule has 0 aliphatic heterocycles. The predicted molar refractivity (Wildman–Crippen MR) is 181 cm³/mol. The van der Waals surface area contributed by atoms with Crippen molar-refractivity contribution < 1.29 is 32.6 Å². The molecule has 3 aromatic carbocycles. The summed E-state index contributed by atoms with van der Waals surface area (Å²) in [6.07, 6.45) is 1.49. The van der Waals surface area contributed by atoms with E-state index in [0.29, 0.717) is 12.8 Å². The summed E-state index contributed by atoms with van der Waals surface area (Å²) in [4.78, 5) is 40.0. The number of hydrogen-bond donors (Lipinski definition) is 4. The summed E-state index contributed by atoms with van der Waals surface area (Å²) in [7, 11) is -3.80. The number of alkyl carbamates (subject to hydrolysis) is 1. The molecule has 3 atom stereocenters. The first kappa shape index (κ1) is 36.8. The van der Waals surface area contributed by atoms with E-state index in [1.54, 1.807) is 30.3 Å². The van der Waals surface area contributed by atoms with Crippen molar-refractivity contribution in [1.29, 1.82) is 0 Å². The maximum atomic E-state index is 13.7. The van der Waals surface area contributed by atoms with Crippen molar-refractivity contribution in [2.75, 3.05) is 0 Å². The molecule has 0 saturated carbocycles. The number of ether oxygens (including phenoxy) is 1. The Kier molecular flexibility index (Phi) is 14.0. The average molecular weight is 664 g/mol. The molecule has 252 valence electrons. The monoisotopic (exact) mass is 663 g/mol. The molecule has 0 bridgehead atoms. The highest BCUT2D eigenvalue weighted by atomic mass is 32.2. The molecule has 4 N–H and O–H groups in total. The summed E-state index contributed by atoms with van der Waals surface area (Å²) in [5.74, 6) is -0.905. The SMILES string of the molecule is CC(C)C[C@H](NC(=O)OCc1ccccc1)C(=O)N[C@@H](CC(C)C)C(=O)N[C@H](/C=C/S(=O)(=O)c1ccccc1)Cc1ccc(O)cc1. The molecule has 3 amide bonds. The van der Waals surface area contributed by atoms with E-state index in [1.165, 1.54) is 30.3 Å². The van der Waals surface area contributed by atoms with Crippen molar-refractivity contribution in [3.8, 4) is 5.75 Å². The van der Waals surface area contributed by atoms with Gasteiger partial charge in [-0.2, -0.15) is 0 Å². The Hall–Kier alpha value is -4.64. The zero-order valence-electron chi connectivity index (χ0n) is 27.3. The summed E-state index contributed by atoms with van der Waals surface area (Å²) in [5, 5.41) is 19.1. The Morgan fingerprint density at radius 2 is 1.26 bits per heavy atom. The van der Waals surface area contributed by atoms with Crippen LogP contribution in [0.2, 0.25) is 0 Å². The van der Waals surface area contributed by atoms with E-state index >= 15 is 0 Å². The molecule has 47 heavy (non-hydrogen) atoms. The van der Waals surface area contributed by atoms with Gasteiger partial charge in [-0.05, 0) is 66.5 Å². The number of phenolic OH excluding ortho intramolecular Hbond substituents is 1. The third-order valence-electron chi connectivity index (χ3n) is 7.15. The number of sulfone groups is 1. The number of rotatable bonds is 16. The minimum Gasteiger partial charge on any atom is -0.508 e. The largest absolute Gasteiger partial charge is 0.508 e. The van der Waals surface area contributed by atoms with Gasteiger partial charge in [-0.15, -0.1) is 0 Å². The molecule has 11 heteroatoms. The van der Waals surface area contributed by atoms with Gasteiger partial charge in [0.2, 0.25) is 11.8 Å². The van der Waals surface area contributed by atoms with E-state index in [1.807, 2.05) is 58.0 Å². The van der Waals surface area contributed by atoms with Crippen LogP contribution in [0.15, 0.2) is 101 Å². The normalized spacial score (nSPS) is 13.6. The van der Waals surface area contributed by atoms with Crippen LogP contribution in [0.1, 0.15) is 51.7 Å². The molecule has 0 heterocycles. The molecule has 0 spiro atoms. The van der Waals surface area contributed by atoms with Crippen LogP contribution in [0, 0.1) is 11.8 Å². The lowest BCUT2D eigenvalue weighted by atomic mass is 9.99. The fourth-order valence-electron chi connectivity index (χ4n) is 4.81. The van der Waals surface area contributed by atoms with Crippen molar-refractivity contribution >= 4 is 27.7 Å². The van der Waals surface area contributed by atoms with E-state index in [9.17, 15) is 27.9 Å². The number of hydrogen-bond acceptors (Lipinski definition) is 7. The van der Waals surface area contributed by atoms with Crippen LogP contribution in [0.25, 0.3) is 0 Å². The van der Waals surface area contributed by atoms with Gasteiger partial charge in [0.1, 0.15) is 24.4 Å². The summed E-state index contributed by atoms with van der Waals surface area (Å²) in [5.41, 5.74) is 1.54. The van der Waals surface area contributed by atoms with Crippen LogP contribution in [0.5, 0.6) is 5.75 Å². The highest BCUT2D eigenvalue weighted by molar-refractivity contribution is 7.94. The van der Waals surface area contributed by atoms with Crippen molar-refractivity contribution in [2.24, 2.45) is 11.8 Å². The Bertz CT molecular complexity index is 1580. The Morgan fingerprint density at radius 3 is 1.83 bits per heavy atom. The second kappa shape index (κ2) is 17.9. The molecule has 0 aromatic heterocycles. The van der Waals surface area contributed by atoms with Crippen molar-refractivity contribution in [3.05, 3.63) is 108 Å². The van der Waals surface area contributed by atoms with Crippen LogP contribution in [0.3, 0.4) is 0 Å². The second-order valence-corrected chi connectivity index (χ2v) is 14.1. The zero-order valence-corrected chi connectivity index (χ0v) is 28.1. The molecule has 0 radical (unpaired) electrons. The molecule has 3 aromatic rings.